The zero-order valence-corrected chi connectivity index (χ0v) is 11.9. The zero-order chi connectivity index (χ0) is 11.9. The van der Waals surface area contributed by atoms with Crippen LogP contribution < -0.4 is 0 Å². The predicted octanol–water partition coefficient (Wildman–Crippen LogP) is 5.98. The van der Waals surface area contributed by atoms with E-state index in [-0.39, 0.29) is 0 Å². The molecule has 0 heterocycles. The topological polar surface area (TPSA) is 17.1 Å². The van der Waals surface area contributed by atoms with Crippen LogP contribution in [-0.4, -0.2) is 6.16 Å². The molecule has 0 saturated carbocycles. The molecule has 0 radical (unpaired) electrons. The average molecular weight is 244 g/mol. The lowest BCUT2D eigenvalue weighted by Crippen LogP contribution is -1.82. The lowest BCUT2D eigenvalue weighted by Gasteiger charge is -2.01. The van der Waals surface area contributed by atoms with Gasteiger partial charge in [0.15, 0.2) is 8.46 Å². The van der Waals surface area contributed by atoms with Crippen LogP contribution >= 0.6 is 8.46 Å². The minimum atomic E-state index is 0.326. The maximum atomic E-state index is 10.2. The van der Waals surface area contributed by atoms with Crippen molar-refractivity contribution in [1.82, 2.24) is 0 Å². The predicted molar refractivity (Wildman–Crippen MR) is 73.6 cm³/mol. The molecule has 0 atom stereocenters. The van der Waals surface area contributed by atoms with Crippen LogP contribution in [0.3, 0.4) is 0 Å². The molecule has 0 N–H and O–H groups in total. The van der Waals surface area contributed by atoms with Crippen molar-refractivity contribution < 1.29 is 4.57 Å². The smallest absolute Gasteiger partial charge is 0.155 e. The van der Waals surface area contributed by atoms with Crippen molar-refractivity contribution in [1.29, 1.82) is 0 Å². The average Bonchev–Trinajstić information content (AvgIpc) is 2.31. The summed E-state index contributed by atoms with van der Waals surface area (Å²) in [7, 11) is 0.326. The van der Waals surface area contributed by atoms with E-state index in [1.165, 1.54) is 70.6 Å². The molecule has 0 aliphatic carbocycles. The van der Waals surface area contributed by atoms with Gasteiger partial charge in [-0.25, -0.2) is 0 Å². The third-order valence-electron chi connectivity index (χ3n) is 3.10. The van der Waals surface area contributed by atoms with Gasteiger partial charge in [0.05, 0.1) is 0 Å². The summed E-state index contributed by atoms with van der Waals surface area (Å²) in [5, 5.41) is 0. The molecule has 0 unspecified atom stereocenters. The second-order valence-corrected chi connectivity index (χ2v) is 5.45. The Hall–Kier alpha value is 0.100. The maximum absolute atomic E-state index is 10.2. The van der Waals surface area contributed by atoms with Gasteiger partial charge in [-0.3, -0.25) is 4.57 Å². The van der Waals surface area contributed by atoms with Gasteiger partial charge >= 0.3 is 0 Å². The van der Waals surface area contributed by atoms with Gasteiger partial charge in [0, 0.05) is 6.16 Å². The Bertz CT molecular complexity index is 137. The first-order chi connectivity index (χ1) is 7.91. The summed E-state index contributed by atoms with van der Waals surface area (Å²) in [5.41, 5.74) is 0. The van der Waals surface area contributed by atoms with Crippen molar-refractivity contribution in [3.63, 3.8) is 0 Å². The molecule has 96 valence electrons. The van der Waals surface area contributed by atoms with Crippen LogP contribution in [-0.2, 0) is 4.57 Å². The van der Waals surface area contributed by atoms with Crippen molar-refractivity contribution in [3.8, 4) is 0 Å². The molecule has 0 aromatic rings. The molecule has 0 saturated heterocycles. The molecule has 0 amide bonds. The van der Waals surface area contributed by atoms with Crippen molar-refractivity contribution in [2.75, 3.05) is 6.16 Å². The van der Waals surface area contributed by atoms with Gasteiger partial charge in [-0.05, 0) is 6.42 Å². The van der Waals surface area contributed by atoms with Gasteiger partial charge in [-0.15, -0.1) is 0 Å². The van der Waals surface area contributed by atoms with Crippen molar-refractivity contribution in [2.24, 2.45) is 0 Å². The Labute approximate surface area is 104 Å². The summed E-state index contributed by atoms with van der Waals surface area (Å²) in [6.45, 7) is 2.27. The number of hydrogen-bond acceptors (Lipinski definition) is 1. The SMILES string of the molecule is CCCCCCCCCCCCCCP=O. The fourth-order valence-corrected chi connectivity index (χ4v) is 2.37. The van der Waals surface area contributed by atoms with Crippen LogP contribution in [0.15, 0.2) is 0 Å². The van der Waals surface area contributed by atoms with E-state index in [0.29, 0.717) is 8.46 Å². The first-order valence-corrected chi connectivity index (χ1v) is 8.20. The third kappa shape index (κ3) is 14.1. The minimum Gasteiger partial charge on any atom is -0.275 e. The quantitative estimate of drug-likeness (QED) is 0.288. The number of rotatable bonds is 13. The lowest BCUT2D eigenvalue weighted by atomic mass is 10.1. The molecule has 0 aromatic heterocycles. The van der Waals surface area contributed by atoms with Crippen LogP contribution in [0.5, 0.6) is 0 Å². The first-order valence-electron chi connectivity index (χ1n) is 7.21. The molecule has 0 rings (SSSR count). The monoisotopic (exact) mass is 244 g/mol. The van der Waals surface area contributed by atoms with E-state index in [4.69, 9.17) is 0 Å². The van der Waals surface area contributed by atoms with Crippen molar-refractivity contribution in [2.45, 2.75) is 84.0 Å². The highest BCUT2D eigenvalue weighted by Gasteiger charge is 1.93. The van der Waals surface area contributed by atoms with Gasteiger partial charge in [-0.2, -0.15) is 0 Å². The van der Waals surface area contributed by atoms with E-state index < -0.39 is 0 Å². The Morgan fingerprint density at radius 2 is 1.00 bits per heavy atom. The van der Waals surface area contributed by atoms with Gasteiger partial charge in [0.2, 0.25) is 0 Å². The highest BCUT2D eigenvalue weighted by atomic mass is 31.1. The van der Waals surface area contributed by atoms with Crippen LogP contribution in [0.25, 0.3) is 0 Å². The van der Waals surface area contributed by atoms with Crippen LogP contribution in [0, 0.1) is 0 Å². The summed E-state index contributed by atoms with van der Waals surface area (Å²) >= 11 is 0. The second-order valence-electron chi connectivity index (χ2n) is 4.74. The fourth-order valence-electron chi connectivity index (χ4n) is 2.02. The van der Waals surface area contributed by atoms with E-state index in [1.54, 1.807) is 0 Å². The fraction of sp³-hybridized carbons (Fsp3) is 1.00. The molecular weight excluding hydrogens is 215 g/mol. The summed E-state index contributed by atoms with van der Waals surface area (Å²) < 4.78 is 10.2. The molecule has 16 heavy (non-hydrogen) atoms. The summed E-state index contributed by atoms with van der Waals surface area (Å²) in [6.07, 6.45) is 17.3. The number of unbranched alkanes of at least 4 members (excludes halogenated alkanes) is 11. The number of hydrogen-bond donors (Lipinski definition) is 0. The normalized spacial score (nSPS) is 11.1. The highest BCUT2D eigenvalue weighted by Crippen LogP contribution is 2.12. The molecule has 0 aliphatic rings. The molecule has 0 aliphatic heterocycles. The van der Waals surface area contributed by atoms with Gasteiger partial charge in [0.25, 0.3) is 0 Å². The largest absolute Gasteiger partial charge is 0.275 e. The summed E-state index contributed by atoms with van der Waals surface area (Å²) in [4.78, 5) is 0. The first kappa shape index (κ1) is 16.1. The van der Waals surface area contributed by atoms with Gasteiger partial charge in [0.1, 0.15) is 0 Å². The highest BCUT2D eigenvalue weighted by molar-refractivity contribution is 7.23. The Balaban J connectivity index is 2.85. The molecule has 1 nitrogen and oxygen atoms in total. The third-order valence-corrected chi connectivity index (χ3v) is 3.60. The van der Waals surface area contributed by atoms with Crippen LogP contribution in [0.4, 0.5) is 0 Å². The van der Waals surface area contributed by atoms with E-state index in [9.17, 15) is 4.57 Å². The van der Waals surface area contributed by atoms with Gasteiger partial charge < -0.3 is 0 Å². The lowest BCUT2D eigenvalue weighted by molar-refractivity contribution is 0.547. The van der Waals surface area contributed by atoms with Crippen molar-refractivity contribution in [3.05, 3.63) is 0 Å². The molecular formula is C14H29OP. The van der Waals surface area contributed by atoms with E-state index >= 15 is 0 Å². The van der Waals surface area contributed by atoms with E-state index in [0.717, 1.165) is 12.6 Å². The molecule has 0 bridgehead atoms. The minimum absolute atomic E-state index is 0.326. The molecule has 0 aromatic carbocycles. The molecule has 2 heteroatoms. The molecule has 0 fully saturated rings. The van der Waals surface area contributed by atoms with Gasteiger partial charge in [-0.1, -0.05) is 77.6 Å². The van der Waals surface area contributed by atoms with E-state index in [2.05, 4.69) is 6.92 Å². The Morgan fingerprint density at radius 3 is 1.38 bits per heavy atom. The van der Waals surface area contributed by atoms with Crippen LogP contribution in [0.2, 0.25) is 0 Å². The second kappa shape index (κ2) is 15.1. The summed E-state index contributed by atoms with van der Waals surface area (Å²) in [5.74, 6) is 0. The Kier molecular flexibility index (Phi) is 15.2. The summed E-state index contributed by atoms with van der Waals surface area (Å²) in [6, 6.07) is 0. The zero-order valence-electron chi connectivity index (χ0n) is 11.0. The van der Waals surface area contributed by atoms with E-state index in [1.807, 2.05) is 0 Å². The standard InChI is InChI=1S/C14H29OP/c1-2-3-4-5-6-7-8-9-10-11-12-13-14-16-15/h2-14H2,1H3. The van der Waals surface area contributed by atoms with Crippen molar-refractivity contribution >= 4 is 8.46 Å². The molecule has 0 spiro atoms. The Morgan fingerprint density at radius 1 is 0.625 bits per heavy atom. The van der Waals surface area contributed by atoms with Crippen LogP contribution in [0.1, 0.15) is 84.0 Å². The maximum Gasteiger partial charge on any atom is 0.155 e.